The third kappa shape index (κ3) is 8.91. The number of amides is 3. The highest BCUT2D eigenvalue weighted by molar-refractivity contribution is 5.96. The van der Waals surface area contributed by atoms with E-state index in [4.69, 9.17) is 4.74 Å². The number of carbonyl (C=O) groups is 2. The molecule has 11 nitrogen and oxygen atoms in total. The lowest BCUT2D eigenvalue weighted by Crippen LogP contribution is -2.43. The van der Waals surface area contributed by atoms with Crippen LogP contribution in [0.5, 0.6) is 0 Å². The van der Waals surface area contributed by atoms with Crippen LogP contribution in [0.3, 0.4) is 0 Å². The SMILES string of the molecule is C\C=C(/N=C(\C=C\c1cc(NC(=O)N2CCC(C)(C)CC2)cnc1C)OCCO)c1ccnc(NC(=O)OC)c1. The van der Waals surface area contributed by atoms with E-state index >= 15 is 0 Å². The molecule has 0 bridgehead atoms. The second-order valence-electron chi connectivity index (χ2n) is 10.1. The van der Waals surface area contributed by atoms with Gasteiger partial charge in [0.1, 0.15) is 12.4 Å². The van der Waals surface area contributed by atoms with Crippen molar-refractivity contribution >= 4 is 41.3 Å². The molecule has 0 unspecified atom stereocenters. The van der Waals surface area contributed by atoms with E-state index in [0.29, 0.717) is 22.8 Å². The normalized spacial score (nSPS) is 15.6. The molecule has 1 aliphatic heterocycles. The largest absolute Gasteiger partial charge is 0.475 e. The standard InChI is InChI=1S/C29H38N6O5/c1-6-24(22-9-12-30-25(18-22)34-28(38)39-5)33-26(40-16-15-36)8-7-21-17-23(19-31-20(21)2)32-27(37)35-13-10-29(3,4)11-14-35/h6-9,12,17-19,36H,10-11,13-16H2,1-5H3,(H,32,37)(H,30,34,38)/b8-7+,24-6-,33-26+. The van der Waals surface area contributed by atoms with Gasteiger partial charge >= 0.3 is 12.1 Å². The van der Waals surface area contributed by atoms with E-state index in [1.807, 2.05) is 24.8 Å². The number of rotatable bonds is 8. The lowest BCUT2D eigenvalue weighted by atomic mass is 9.83. The average molecular weight is 551 g/mol. The number of pyridine rings is 2. The first kappa shape index (κ1) is 30.3. The summed E-state index contributed by atoms with van der Waals surface area (Å²) in [6.07, 6.45) is 9.74. The zero-order chi connectivity index (χ0) is 29.1. The van der Waals surface area contributed by atoms with Gasteiger partial charge in [0.2, 0.25) is 5.90 Å². The lowest BCUT2D eigenvalue weighted by Gasteiger charge is -2.36. The number of anilines is 2. The second-order valence-corrected chi connectivity index (χ2v) is 10.1. The summed E-state index contributed by atoms with van der Waals surface area (Å²) in [5.41, 5.74) is 3.62. The molecule has 2 aromatic rings. The third-order valence-corrected chi connectivity index (χ3v) is 6.50. The van der Waals surface area contributed by atoms with Gasteiger partial charge in [0.25, 0.3) is 0 Å². The number of aliphatic imine (C=N–C) groups is 1. The van der Waals surface area contributed by atoms with Gasteiger partial charge in [-0.05, 0) is 61.9 Å². The van der Waals surface area contributed by atoms with Crippen LogP contribution < -0.4 is 10.6 Å². The monoisotopic (exact) mass is 550 g/mol. The Morgan fingerprint density at radius 3 is 2.62 bits per heavy atom. The summed E-state index contributed by atoms with van der Waals surface area (Å²) in [7, 11) is 1.27. The topological polar surface area (TPSA) is 138 Å². The number of methoxy groups -OCH3 is 1. The smallest absolute Gasteiger partial charge is 0.412 e. The van der Waals surface area contributed by atoms with Crippen molar-refractivity contribution in [1.29, 1.82) is 0 Å². The van der Waals surface area contributed by atoms with E-state index in [1.54, 1.807) is 42.8 Å². The van der Waals surface area contributed by atoms with Crippen LogP contribution in [0.15, 0.2) is 47.7 Å². The first-order chi connectivity index (χ1) is 19.1. The van der Waals surface area contributed by atoms with Crippen LogP contribution in [0.25, 0.3) is 11.8 Å². The minimum absolute atomic E-state index is 0.0473. The predicted octanol–water partition coefficient (Wildman–Crippen LogP) is 5.10. The molecule has 1 saturated heterocycles. The predicted molar refractivity (Wildman–Crippen MR) is 156 cm³/mol. The maximum atomic E-state index is 12.8. The zero-order valence-corrected chi connectivity index (χ0v) is 23.7. The fourth-order valence-electron chi connectivity index (χ4n) is 3.96. The summed E-state index contributed by atoms with van der Waals surface area (Å²) in [6, 6.07) is 5.12. The van der Waals surface area contributed by atoms with Crippen molar-refractivity contribution in [2.24, 2.45) is 10.4 Å². The molecule has 0 saturated carbocycles. The van der Waals surface area contributed by atoms with Crippen molar-refractivity contribution in [3.05, 3.63) is 59.6 Å². The highest BCUT2D eigenvalue weighted by atomic mass is 16.5. The highest BCUT2D eigenvalue weighted by Crippen LogP contribution is 2.30. The Labute approximate surface area is 235 Å². The minimum atomic E-state index is -0.632. The van der Waals surface area contributed by atoms with Crippen molar-refractivity contribution in [2.45, 2.75) is 40.5 Å². The van der Waals surface area contributed by atoms with Gasteiger partial charge in [-0.15, -0.1) is 0 Å². The van der Waals surface area contributed by atoms with E-state index in [1.165, 1.54) is 7.11 Å². The van der Waals surface area contributed by atoms with Crippen LogP contribution in [0.1, 0.15) is 50.4 Å². The van der Waals surface area contributed by atoms with E-state index in [9.17, 15) is 14.7 Å². The number of hydrogen-bond acceptors (Lipinski definition) is 8. The number of aryl methyl sites for hydroxylation is 1. The third-order valence-electron chi connectivity index (χ3n) is 6.50. The molecule has 0 radical (unpaired) electrons. The maximum absolute atomic E-state index is 12.8. The molecule has 0 aromatic carbocycles. The molecule has 0 atom stereocenters. The van der Waals surface area contributed by atoms with Crippen molar-refractivity contribution in [3.63, 3.8) is 0 Å². The number of ether oxygens (including phenoxy) is 2. The fourth-order valence-corrected chi connectivity index (χ4v) is 3.96. The first-order valence-electron chi connectivity index (χ1n) is 13.1. The molecule has 11 heteroatoms. The maximum Gasteiger partial charge on any atom is 0.412 e. The molecular weight excluding hydrogens is 512 g/mol. The van der Waals surface area contributed by atoms with Gasteiger partial charge in [-0.25, -0.2) is 19.6 Å². The summed E-state index contributed by atoms with van der Waals surface area (Å²) in [6.45, 7) is 9.44. The second kappa shape index (κ2) is 14.2. The van der Waals surface area contributed by atoms with Crippen molar-refractivity contribution < 1.29 is 24.2 Å². The average Bonchev–Trinajstić information content (AvgIpc) is 2.94. The number of piperidine rings is 1. The number of carbonyl (C=O) groups excluding carboxylic acids is 2. The van der Waals surface area contributed by atoms with Crippen LogP contribution in [0, 0.1) is 12.3 Å². The molecule has 3 rings (SSSR count). The van der Waals surface area contributed by atoms with Gasteiger partial charge in [-0.3, -0.25) is 10.3 Å². The van der Waals surface area contributed by atoms with E-state index < -0.39 is 6.09 Å². The molecule has 214 valence electrons. The summed E-state index contributed by atoms with van der Waals surface area (Å²) >= 11 is 0. The van der Waals surface area contributed by atoms with Gasteiger partial charge < -0.3 is 24.8 Å². The van der Waals surface area contributed by atoms with Crippen LogP contribution in [-0.4, -0.2) is 71.4 Å². The Balaban J connectivity index is 1.79. The van der Waals surface area contributed by atoms with Crippen molar-refractivity contribution in [1.82, 2.24) is 14.9 Å². The fraction of sp³-hybridized carbons (Fsp3) is 0.414. The Bertz CT molecular complexity index is 1280. The van der Waals surface area contributed by atoms with Gasteiger partial charge in [-0.2, -0.15) is 0 Å². The number of nitrogens with one attached hydrogen (secondary N) is 2. The number of urea groups is 1. The molecule has 3 heterocycles. The highest BCUT2D eigenvalue weighted by Gasteiger charge is 2.27. The van der Waals surface area contributed by atoms with Gasteiger partial charge in [-0.1, -0.05) is 19.9 Å². The lowest BCUT2D eigenvalue weighted by molar-refractivity contribution is 0.149. The minimum Gasteiger partial charge on any atom is -0.475 e. The quantitative estimate of drug-likeness (QED) is 0.307. The molecule has 1 fully saturated rings. The summed E-state index contributed by atoms with van der Waals surface area (Å²) in [4.78, 5) is 39.4. The summed E-state index contributed by atoms with van der Waals surface area (Å²) in [5.74, 6) is 0.562. The van der Waals surface area contributed by atoms with Crippen LogP contribution in [0.2, 0.25) is 0 Å². The zero-order valence-electron chi connectivity index (χ0n) is 23.7. The van der Waals surface area contributed by atoms with Gasteiger partial charge in [0, 0.05) is 36.6 Å². The Morgan fingerprint density at radius 1 is 1.20 bits per heavy atom. The van der Waals surface area contributed by atoms with Crippen LogP contribution >= 0.6 is 0 Å². The van der Waals surface area contributed by atoms with E-state index in [0.717, 1.165) is 37.2 Å². The molecular formula is C29H38N6O5. The van der Waals surface area contributed by atoms with E-state index in [2.05, 4.69) is 44.2 Å². The number of hydrogen-bond donors (Lipinski definition) is 3. The Kier molecular flexibility index (Phi) is 10.8. The number of allylic oxidation sites excluding steroid dienone is 1. The summed E-state index contributed by atoms with van der Waals surface area (Å²) < 4.78 is 10.3. The number of nitrogens with zero attached hydrogens (tertiary/aromatic N) is 4. The van der Waals surface area contributed by atoms with Crippen LogP contribution in [0.4, 0.5) is 21.1 Å². The molecule has 3 N–H and O–H groups in total. The van der Waals surface area contributed by atoms with Crippen molar-refractivity contribution in [2.75, 3.05) is 44.0 Å². The Hall–Kier alpha value is -4.25. The first-order valence-corrected chi connectivity index (χ1v) is 13.1. The summed E-state index contributed by atoms with van der Waals surface area (Å²) in [5, 5.41) is 14.8. The number of aromatic nitrogens is 2. The molecule has 2 aromatic heterocycles. The number of aliphatic hydroxyl groups excluding tert-OH is 1. The van der Waals surface area contributed by atoms with Gasteiger partial charge in [0.05, 0.1) is 31.3 Å². The molecule has 0 spiro atoms. The molecule has 0 aliphatic carbocycles. The number of aliphatic hydroxyl groups is 1. The molecule has 40 heavy (non-hydrogen) atoms. The van der Waals surface area contributed by atoms with E-state index in [-0.39, 0.29) is 30.6 Å². The molecule has 3 amide bonds. The van der Waals surface area contributed by atoms with Crippen LogP contribution in [-0.2, 0) is 9.47 Å². The molecule has 1 aliphatic rings. The van der Waals surface area contributed by atoms with Gasteiger partial charge in [0.15, 0.2) is 0 Å². The van der Waals surface area contributed by atoms with Crippen molar-refractivity contribution in [3.8, 4) is 0 Å². The number of likely N-dealkylation sites (tertiary alicyclic amines) is 1. The Morgan fingerprint density at radius 2 is 1.95 bits per heavy atom.